The van der Waals surface area contributed by atoms with Crippen LogP contribution in [0, 0.1) is 16.0 Å². The van der Waals surface area contributed by atoms with Gasteiger partial charge in [0.2, 0.25) is 0 Å². The van der Waals surface area contributed by atoms with E-state index < -0.39 is 16.6 Å². The molecule has 7 heteroatoms. The molecule has 1 aliphatic rings. The van der Waals surface area contributed by atoms with Gasteiger partial charge in [0.05, 0.1) is 10.5 Å². The zero-order valence-electron chi connectivity index (χ0n) is 10.1. The van der Waals surface area contributed by atoms with E-state index in [2.05, 4.69) is 5.32 Å². The van der Waals surface area contributed by atoms with Crippen molar-refractivity contribution < 1.29 is 19.9 Å². The Kier molecular flexibility index (Phi) is 3.39. The second-order valence-electron chi connectivity index (χ2n) is 4.62. The van der Waals surface area contributed by atoms with E-state index in [1.807, 2.05) is 0 Å². The Morgan fingerprint density at radius 3 is 2.89 bits per heavy atom. The molecule has 1 amide bonds. The number of hydrogen-bond acceptors (Lipinski definition) is 4. The molecule has 0 bridgehead atoms. The van der Waals surface area contributed by atoms with Gasteiger partial charge in [0, 0.05) is 18.7 Å². The number of nitro groups is 1. The number of aliphatic hydroxyl groups excluding tert-OH is 1. The van der Waals surface area contributed by atoms with Crippen LogP contribution in [0.2, 0.25) is 0 Å². The third-order valence-corrected chi connectivity index (χ3v) is 3.48. The minimum atomic E-state index is -1.17. The summed E-state index contributed by atoms with van der Waals surface area (Å²) in [5.41, 5.74) is -0.304. The van der Waals surface area contributed by atoms with Gasteiger partial charge in [-0.1, -0.05) is 12.1 Å². The van der Waals surface area contributed by atoms with E-state index in [9.17, 15) is 14.9 Å². The topological polar surface area (TPSA) is 113 Å². The van der Waals surface area contributed by atoms with Crippen molar-refractivity contribution in [3.05, 3.63) is 39.9 Å². The molecule has 0 unspecified atom stereocenters. The highest BCUT2D eigenvalue weighted by Gasteiger charge is 2.56. The average molecular weight is 266 g/mol. The molecule has 3 N–H and O–H groups in total. The third-order valence-electron chi connectivity index (χ3n) is 3.48. The highest BCUT2D eigenvalue weighted by molar-refractivity contribution is 5.67. The molecule has 1 aromatic carbocycles. The summed E-state index contributed by atoms with van der Waals surface area (Å²) in [5.74, 6) is -0.0318. The van der Waals surface area contributed by atoms with Gasteiger partial charge in [-0.25, -0.2) is 4.79 Å². The number of aliphatic hydroxyl groups is 1. The van der Waals surface area contributed by atoms with Crippen LogP contribution in [-0.4, -0.2) is 27.8 Å². The van der Waals surface area contributed by atoms with Gasteiger partial charge in [-0.15, -0.1) is 0 Å². The third kappa shape index (κ3) is 2.50. The molecule has 0 heterocycles. The monoisotopic (exact) mass is 266 g/mol. The fourth-order valence-corrected chi connectivity index (χ4v) is 2.50. The molecular weight excluding hydrogens is 252 g/mol. The number of hydrogen-bond donors (Lipinski definition) is 3. The molecule has 1 aromatic rings. The summed E-state index contributed by atoms with van der Waals surface area (Å²) in [6.07, 6.45) is -0.170. The predicted octanol–water partition coefficient (Wildman–Crippen LogP) is 1.46. The molecular formula is C12H14N2O5. The number of carboxylic acid groups (broad SMARTS) is 1. The largest absolute Gasteiger partial charge is 0.465 e. The molecule has 0 spiro atoms. The van der Waals surface area contributed by atoms with E-state index in [0.717, 1.165) is 0 Å². The lowest BCUT2D eigenvalue weighted by molar-refractivity contribution is -0.385. The lowest BCUT2D eigenvalue weighted by Crippen LogP contribution is -2.35. The number of nitrogens with zero attached hydrogens (tertiary/aromatic N) is 1. The summed E-state index contributed by atoms with van der Waals surface area (Å²) in [7, 11) is 0. The number of rotatable bonds is 5. The minimum absolute atomic E-state index is 0.0318. The second-order valence-corrected chi connectivity index (χ2v) is 4.62. The van der Waals surface area contributed by atoms with Gasteiger partial charge in [-0.3, -0.25) is 10.1 Å². The van der Waals surface area contributed by atoms with Crippen molar-refractivity contribution in [2.75, 3.05) is 6.61 Å². The van der Waals surface area contributed by atoms with Crippen LogP contribution in [0.3, 0.4) is 0 Å². The highest BCUT2D eigenvalue weighted by atomic mass is 16.6. The SMILES string of the molecule is O=C(O)N[C@]1(c2cccc([N+](=O)[O-])c2)C[C@@H]1CCO. The standard InChI is InChI=1S/C12H14N2O5/c15-5-4-9-7-12(9,13-11(16)17)8-2-1-3-10(6-8)14(18)19/h1-3,6,9,13,15H,4-5,7H2,(H,16,17)/t9-,12-/m0/s1. The first kappa shape index (κ1) is 13.3. The van der Waals surface area contributed by atoms with Crippen molar-refractivity contribution in [1.29, 1.82) is 0 Å². The summed E-state index contributed by atoms with van der Waals surface area (Å²) >= 11 is 0. The smallest absolute Gasteiger partial charge is 0.405 e. The number of benzene rings is 1. The molecule has 1 saturated carbocycles. The van der Waals surface area contributed by atoms with Crippen LogP contribution >= 0.6 is 0 Å². The minimum Gasteiger partial charge on any atom is -0.465 e. The van der Waals surface area contributed by atoms with Crippen molar-refractivity contribution in [3.63, 3.8) is 0 Å². The number of nitrogens with one attached hydrogen (secondary N) is 1. The lowest BCUT2D eigenvalue weighted by Gasteiger charge is -2.18. The lowest BCUT2D eigenvalue weighted by atomic mass is 10.0. The average Bonchev–Trinajstić information content (AvgIpc) is 3.03. The van der Waals surface area contributed by atoms with Crippen molar-refractivity contribution >= 4 is 11.8 Å². The maximum atomic E-state index is 10.9. The summed E-state index contributed by atoms with van der Waals surface area (Å²) in [4.78, 5) is 21.1. The zero-order valence-corrected chi connectivity index (χ0v) is 10.1. The maximum Gasteiger partial charge on any atom is 0.405 e. The van der Waals surface area contributed by atoms with Gasteiger partial charge in [-0.05, 0) is 24.3 Å². The molecule has 0 aromatic heterocycles. The molecule has 7 nitrogen and oxygen atoms in total. The summed E-state index contributed by atoms with van der Waals surface area (Å²) in [6.45, 7) is -0.0390. The number of non-ortho nitro benzene ring substituents is 1. The molecule has 2 atom stereocenters. The van der Waals surface area contributed by atoms with E-state index in [-0.39, 0.29) is 18.2 Å². The highest BCUT2D eigenvalue weighted by Crippen LogP contribution is 2.54. The van der Waals surface area contributed by atoms with E-state index in [0.29, 0.717) is 18.4 Å². The summed E-state index contributed by atoms with van der Waals surface area (Å²) < 4.78 is 0. The fourth-order valence-electron chi connectivity index (χ4n) is 2.50. The van der Waals surface area contributed by atoms with Crippen LogP contribution in [0.5, 0.6) is 0 Å². The van der Waals surface area contributed by atoms with E-state index in [4.69, 9.17) is 10.2 Å². The maximum absolute atomic E-state index is 10.9. The van der Waals surface area contributed by atoms with E-state index in [1.165, 1.54) is 18.2 Å². The Hall–Kier alpha value is -2.15. The zero-order chi connectivity index (χ0) is 14.0. The Labute approximate surface area is 109 Å². The first-order valence-corrected chi connectivity index (χ1v) is 5.86. The van der Waals surface area contributed by atoms with Gasteiger partial charge < -0.3 is 15.5 Å². The molecule has 0 aliphatic heterocycles. The predicted molar refractivity (Wildman–Crippen MR) is 65.7 cm³/mol. The van der Waals surface area contributed by atoms with Crippen molar-refractivity contribution in [2.24, 2.45) is 5.92 Å². The Balaban J connectivity index is 2.32. The molecule has 102 valence electrons. The molecule has 0 saturated heterocycles. The van der Waals surface area contributed by atoms with E-state index >= 15 is 0 Å². The summed E-state index contributed by atoms with van der Waals surface area (Å²) in [6, 6.07) is 5.95. The molecule has 1 fully saturated rings. The quantitative estimate of drug-likeness (QED) is 0.551. The number of nitro benzene ring substituents is 1. The van der Waals surface area contributed by atoms with Gasteiger partial charge in [-0.2, -0.15) is 0 Å². The Morgan fingerprint density at radius 2 is 2.32 bits per heavy atom. The Morgan fingerprint density at radius 1 is 1.58 bits per heavy atom. The Bertz CT molecular complexity index is 519. The van der Waals surface area contributed by atoms with Crippen LogP contribution < -0.4 is 5.32 Å². The molecule has 0 radical (unpaired) electrons. The normalized spacial score (nSPS) is 24.8. The fraction of sp³-hybridized carbons (Fsp3) is 0.417. The van der Waals surface area contributed by atoms with Gasteiger partial charge >= 0.3 is 6.09 Å². The van der Waals surface area contributed by atoms with Gasteiger partial charge in [0.1, 0.15) is 0 Å². The van der Waals surface area contributed by atoms with Gasteiger partial charge in [0.25, 0.3) is 5.69 Å². The van der Waals surface area contributed by atoms with Crippen molar-refractivity contribution in [2.45, 2.75) is 18.4 Å². The second kappa shape index (κ2) is 4.85. The van der Waals surface area contributed by atoms with Crippen LogP contribution in [0.15, 0.2) is 24.3 Å². The molecule has 19 heavy (non-hydrogen) atoms. The number of amides is 1. The van der Waals surface area contributed by atoms with E-state index in [1.54, 1.807) is 6.07 Å². The van der Waals surface area contributed by atoms with Crippen LogP contribution in [0.4, 0.5) is 10.5 Å². The summed E-state index contributed by atoms with van der Waals surface area (Å²) in [5, 5.41) is 31.0. The van der Waals surface area contributed by atoms with Crippen LogP contribution in [0.1, 0.15) is 18.4 Å². The van der Waals surface area contributed by atoms with Crippen LogP contribution in [0.25, 0.3) is 0 Å². The molecule has 1 aliphatic carbocycles. The number of carbonyl (C=O) groups is 1. The van der Waals surface area contributed by atoms with Crippen LogP contribution in [-0.2, 0) is 5.54 Å². The van der Waals surface area contributed by atoms with Crippen molar-refractivity contribution in [3.8, 4) is 0 Å². The van der Waals surface area contributed by atoms with Gasteiger partial charge in [0.15, 0.2) is 0 Å². The molecule has 2 rings (SSSR count). The first-order valence-electron chi connectivity index (χ1n) is 5.86. The first-order chi connectivity index (χ1) is 8.99. The van der Waals surface area contributed by atoms with Crippen molar-refractivity contribution in [1.82, 2.24) is 5.32 Å².